The molecule has 1 saturated heterocycles. The number of halogens is 1. The SMILES string of the molecule is CC1CN(Cc2ccc(-n3cccn3)cc2)CCN1.Cl. The lowest BCUT2D eigenvalue weighted by Crippen LogP contribution is -2.48. The predicted molar refractivity (Wildman–Crippen MR) is 83.6 cm³/mol. The molecular formula is C15H21ClN4. The summed E-state index contributed by atoms with van der Waals surface area (Å²) in [4.78, 5) is 2.50. The first-order chi connectivity index (χ1) is 9.31. The lowest BCUT2D eigenvalue weighted by molar-refractivity contribution is 0.199. The molecule has 0 spiro atoms. The third-order valence-electron chi connectivity index (χ3n) is 3.56. The highest BCUT2D eigenvalue weighted by atomic mass is 35.5. The molecule has 1 aromatic heterocycles. The fourth-order valence-corrected chi connectivity index (χ4v) is 2.59. The molecule has 1 aliphatic heterocycles. The van der Waals surface area contributed by atoms with E-state index < -0.39 is 0 Å². The van der Waals surface area contributed by atoms with Gasteiger partial charge in [0.05, 0.1) is 5.69 Å². The zero-order valence-corrected chi connectivity index (χ0v) is 12.5. The quantitative estimate of drug-likeness (QED) is 0.940. The van der Waals surface area contributed by atoms with Gasteiger partial charge in [0.2, 0.25) is 0 Å². The van der Waals surface area contributed by atoms with E-state index in [0.717, 1.165) is 31.9 Å². The summed E-state index contributed by atoms with van der Waals surface area (Å²) in [5.74, 6) is 0. The Kier molecular flexibility index (Phi) is 5.17. The Morgan fingerprint density at radius 3 is 2.75 bits per heavy atom. The van der Waals surface area contributed by atoms with Crippen LogP contribution in [0.25, 0.3) is 5.69 Å². The van der Waals surface area contributed by atoms with Gasteiger partial charge in [0.15, 0.2) is 0 Å². The van der Waals surface area contributed by atoms with E-state index in [1.165, 1.54) is 5.56 Å². The second-order valence-corrected chi connectivity index (χ2v) is 5.21. The molecule has 4 nitrogen and oxygen atoms in total. The summed E-state index contributed by atoms with van der Waals surface area (Å²) in [5, 5.41) is 7.71. The zero-order chi connectivity index (χ0) is 13.1. The minimum absolute atomic E-state index is 0. The van der Waals surface area contributed by atoms with Crippen LogP contribution in [0.5, 0.6) is 0 Å². The monoisotopic (exact) mass is 292 g/mol. The van der Waals surface area contributed by atoms with Crippen LogP contribution in [-0.4, -0.2) is 40.4 Å². The fraction of sp³-hybridized carbons (Fsp3) is 0.400. The molecule has 5 heteroatoms. The van der Waals surface area contributed by atoms with Crippen molar-refractivity contribution < 1.29 is 0 Å². The molecule has 1 atom stereocenters. The largest absolute Gasteiger partial charge is 0.312 e. The van der Waals surface area contributed by atoms with E-state index in [2.05, 4.69) is 46.5 Å². The molecule has 3 rings (SSSR count). The van der Waals surface area contributed by atoms with Crippen molar-refractivity contribution in [1.29, 1.82) is 0 Å². The zero-order valence-electron chi connectivity index (χ0n) is 11.7. The van der Waals surface area contributed by atoms with Gasteiger partial charge in [0.1, 0.15) is 0 Å². The Labute approximate surface area is 126 Å². The van der Waals surface area contributed by atoms with E-state index in [4.69, 9.17) is 0 Å². The number of hydrogen-bond acceptors (Lipinski definition) is 3. The second-order valence-electron chi connectivity index (χ2n) is 5.21. The average molecular weight is 293 g/mol. The Morgan fingerprint density at radius 1 is 1.30 bits per heavy atom. The highest BCUT2D eigenvalue weighted by Gasteiger charge is 2.15. The molecule has 1 aliphatic rings. The van der Waals surface area contributed by atoms with Crippen LogP contribution in [0, 0.1) is 0 Å². The second kappa shape index (κ2) is 6.88. The van der Waals surface area contributed by atoms with Gasteiger partial charge in [-0.3, -0.25) is 4.90 Å². The van der Waals surface area contributed by atoms with E-state index >= 15 is 0 Å². The summed E-state index contributed by atoms with van der Waals surface area (Å²) < 4.78 is 1.89. The smallest absolute Gasteiger partial charge is 0.0645 e. The van der Waals surface area contributed by atoms with Gasteiger partial charge < -0.3 is 5.32 Å². The van der Waals surface area contributed by atoms with Gasteiger partial charge in [-0.05, 0) is 30.7 Å². The maximum atomic E-state index is 4.24. The molecule has 108 valence electrons. The number of nitrogens with one attached hydrogen (secondary N) is 1. The lowest BCUT2D eigenvalue weighted by Gasteiger charge is -2.31. The number of hydrogen-bond donors (Lipinski definition) is 1. The number of nitrogens with zero attached hydrogens (tertiary/aromatic N) is 3. The first-order valence-electron chi connectivity index (χ1n) is 6.86. The van der Waals surface area contributed by atoms with Crippen LogP contribution in [0.1, 0.15) is 12.5 Å². The molecule has 1 N–H and O–H groups in total. The Morgan fingerprint density at radius 2 is 2.10 bits per heavy atom. The van der Waals surface area contributed by atoms with Crippen LogP contribution in [0.4, 0.5) is 0 Å². The van der Waals surface area contributed by atoms with Crippen LogP contribution in [0.3, 0.4) is 0 Å². The van der Waals surface area contributed by atoms with Crippen molar-refractivity contribution in [2.75, 3.05) is 19.6 Å². The molecule has 0 bridgehead atoms. The molecule has 0 aliphatic carbocycles. The maximum absolute atomic E-state index is 4.24. The third kappa shape index (κ3) is 3.60. The van der Waals surface area contributed by atoms with E-state index in [9.17, 15) is 0 Å². The number of piperazine rings is 1. The van der Waals surface area contributed by atoms with Crippen molar-refractivity contribution in [2.24, 2.45) is 0 Å². The van der Waals surface area contributed by atoms with Gasteiger partial charge in [-0.15, -0.1) is 12.4 Å². The first-order valence-corrected chi connectivity index (χ1v) is 6.86. The van der Waals surface area contributed by atoms with Crippen molar-refractivity contribution in [1.82, 2.24) is 20.0 Å². The summed E-state index contributed by atoms with van der Waals surface area (Å²) in [5.41, 5.74) is 2.48. The standard InChI is InChI=1S/C15H20N4.ClH/c1-13-11-18(10-8-16-13)12-14-3-5-15(6-4-14)19-9-2-7-17-19;/h2-7,9,13,16H,8,10-12H2,1H3;1H. The highest BCUT2D eigenvalue weighted by Crippen LogP contribution is 2.11. The maximum Gasteiger partial charge on any atom is 0.0645 e. The lowest BCUT2D eigenvalue weighted by atomic mass is 10.1. The average Bonchev–Trinajstić information content (AvgIpc) is 2.94. The van der Waals surface area contributed by atoms with Crippen LogP contribution >= 0.6 is 12.4 Å². The Hall–Kier alpha value is -1.36. The highest BCUT2D eigenvalue weighted by molar-refractivity contribution is 5.85. The summed E-state index contributed by atoms with van der Waals surface area (Å²) in [6, 6.07) is 11.2. The first kappa shape index (κ1) is 15.0. The van der Waals surface area contributed by atoms with Gasteiger partial charge in [0, 0.05) is 44.6 Å². The number of benzene rings is 1. The van der Waals surface area contributed by atoms with Gasteiger partial charge in [0.25, 0.3) is 0 Å². The van der Waals surface area contributed by atoms with E-state index in [1.807, 2.05) is 16.9 Å². The molecule has 0 radical (unpaired) electrons. The normalized spacial score (nSPS) is 19.6. The van der Waals surface area contributed by atoms with Crippen LogP contribution in [0.15, 0.2) is 42.7 Å². The number of rotatable bonds is 3. The van der Waals surface area contributed by atoms with Crippen molar-refractivity contribution in [3.63, 3.8) is 0 Å². The summed E-state index contributed by atoms with van der Waals surface area (Å²) in [6.07, 6.45) is 3.77. The summed E-state index contributed by atoms with van der Waals surface area (Å²) in [7, 11) is 0. The van der Waals surface area contributed by atoms with Crippen molar-refractivity contribution in [3.05, 3.63) is 48.3 Å². The van der Waals surface area contributed by atoms with Crippen LogP contribution in [-0.2, 0) is 6.54 Å². The van der Waals surface area contributed by atoms with Crippen LogP contribution in [0.2, 0.25) is 0 Å². The van der Waals surface area contributed by atoms with Gasteiger partial charge in [-0.2, -0.15) is 5.10 Å². The van der Waals surface area contributed by atoms with Crippen molar-refractivity contribution >= 4 is 12.4 Å². The molecule has 0 saturated carbocycles. The van der Waals surface area contributed by atoms with Gasteiger partial charge >= 0.3 is 0 Å². The Bertz CT molecular complexity index is 509. The van der Waals surface area contributed by atoms with Gasteiger partial charge in [-0.25, -0.2) is 4.68 Å². The predicted octanol–water partition coefficient (Wildman–Crippen LogP) is 2.09. The molecule has 2 heterocycles. The van der Waals surface area contributed by atoms with Gasteiger partial charge in [-0.1, -0.05) is 12.1 Å². The topological polar surface area (TPSA) is 33.1 Å². The minimum atomic E-state index is 0. The third-order valence-corrected chi connectivity index (χ3v) is 3.56. The molecular weight excluding hydrogens is 272 g/mol. The number of aromatic nitrogens is 2. The Balaban J connectivity index is 0.00000147. The fourth-order valence-electron chi connectivity index (χ4n) is 2.59. The molecule has 1 aromatic carbocycles. The minimum Gasteiger partial charge on any atom is -0.312 e. The van der Waals surface area contributed by atoms with E-state index in [-0.39, 0.29) is 12.4 Å². The molecule has 20 heavy (non-hydrogen) atoms. The molecule has 1 unspecified atom stereocenters. The molecule has 1 fully saturated rings. The van der Waals surface area contributed by atoms with Crippen molar-refractivity contribution in [3.8, 4) is 5.69 Å². The summed E-state index contributed by atoms with van der Waals surface area (Å²) >= 11 is 0. The van der Waals surface area contributed by atoms with Crippen molar-refractivity contribution in [2.45, 2.75) is 19.5 Å². The van der Waals surface area contributed by atoms with Crippen LogP contribution < -0.4 is 5.32 Å². The molecule has 2 aromatic rings. The summed E-state index contributed by atoms with van der Waals surface area (Å²) in [6.45, 7) is 6.62. The van der Waals surface area contributed by atoms with E-state index in [0.29, 0.717) is 6.04 Å². The molecule has 0 amide bonds. The van der Waals surface area contributed by atoms with E-state index in [1.54, 1.807) is 6.20 Å².